The number of primary amides is 1. The first-order valence-corrected chi connectivity index (χ1v) is 8.95. The second kappa shape index (κ2) is 6.09. The van der Waals surface area contributed by atoms with Crippen LogP contribution in [0.2, 0.25) is 0 Å². The summed E-state index contributed by atoms with van der Waals surface area (Å²) < 4.78 is 0. The number of aromatic nitrogens is 2. The molecule has 4 N–H and O–H groups in total. The van der Waals surface area contributed by atoms with Crippen LogP contribution in [0.1, 0.15) is 49.4 Å². The zero-order valence-corrected chi connectivity index (χ0v) is 14.1. The van der Waals surface area contributed by atoms with Crippen molar-refractivity contribution in [3.63, 3.8) is 0 Å². The van der Waals surface area contributed by atoms with E-state index >= 15 is 0 Å². The van der Waals surface area contributed by atoms with Crippen molar-refractivity contribution in [1.82, 2.24) is 14.9 Å². The van der Waals surface area contributed by atoms with E-state index in [0.29, 0.717) is 23.7 Å². The molecule has 4 rings (SSSR count). The first-order chi connectivity index (χ1) is 11.7. The topological polar surface area (TPSA) is 87.0 Å². The fourth-order valence-corrected chi connectivity index (χ4v) is 4.57. The number of rotatable bonds is 5. The first kappa shape index (κ1) is 15.4. The highest BCUT2D eigenvalue weighted by molar-refractivity contribution is 6.05. The highest BCUT2D eigenvalue weighted by Gasteiger charge is 2.40. The summed E-state index contributed by atoms with van der Waals surface area (Å²) in [4.78, 5) is 21.9. The predicted molar refractivity (Wildman–Crippen MR) is 95.1 cm³/mol. The number of fused-ring (bicyclic) bond motifs is 3. The van der Waals surface area contributed by atoms with Crippen LogP contribution in [0.25, 0.3) is 11.0 Å². The maximum Gasteiger partial charge on any atom is 0.252 e. The molecule has 0 radical (unpaired) electrons. The Hall–Kier alpha value is -2.08. The first-order valence-electron chi connectivity index (χ1n) is 8.95. The molecule has 1 unspecified atom stereocenters. The number of H-pyrrole nitrogens is 1. The summed E-state index contributed by atoms with van der Waals surface area (Å²) in [6, 6.07) is 3.68. The summed E-state index contributed by atoms with van der Waals surface area (Å²) in [6.07, 6.45) is 9.48. The van der Waals surface area contributed by atoms with E-state index in [1.54, 1.807) is 6.20 Å². The molecule has 2 aromatic heterocycles. The van der Waals surface area contributed by atoms with E-state index in [-0.39, 0.29) is 0 Å². The smallest absolute Gasteiger partial charge is 0.252 e. The van der Waals surface area contributed by atoms with Gasteiger partial charge in [-0.25, -0.2) is 4.98 Å². The largest absolute Gasteiger partial charge is 0.381 e. The summed E-state index contributed by atoms with van der Waals surface area (Å²) >= 11 is 0. The van der Waals surface area contributed by atoms with Crippen LogP contribution in [-0.4, -0.2) is 45.4 Å². The minimum absolute atomic E-state index is 0.384. The van der Waals surface area contributed by atoms with Gasteiger partial charge in [0.1, 0.15) is 5.65 Å². The highest BCUT2D eigenvalue weighted by Crippen LogP contribution is 2.38. The molecular weight excluding hydrogens is 302 g/mol. The number of carbonyl (C=O) groups excluding carboxylic acids is 1. The molecule has 0 spiro atoms. The number of anilines is 1. The Kier molecular flexibility index (Phi) is 3.92. The molecule has 2 aliphatic heterocycles. The van der Waals surface area contributed by atoms with Gasteiger partial charge in [-0.2, -0.15) is 0 Å². The molecule has 2 aliphatic rings. The SMILES string of the molecule is CCCN1[C@@H]2CC[C@H]1CC(Nc1c(C(N)=O)cnc3[nH]ccc13)C2. The zero-order valence-electron chi connectivity index (χ0n) is 14.1. The van der Waals surface area contributed by atoms with E-state index in [9.17, 15) is 4.79 Å². The number of pyridine rings is 1. The van der Waals surface area contributed by atoms with Crippen LogP contribution in [0.5, 0.6) is 0 Å². The number of hydrogen-bond donors (Lipinski definition) is 3. The van der Waals surface area contributed by atoms with Gasteiger partial charge in [0.2, 0.25) is 0 Å². The number of nitrogens with two attached hydrogens (primary N) is 1. The van der Waals surface area contributed by atoms with Gasteiger partial charge in [-0.15, -0.1) is 0 Å². The lowest BCUT2D eigenvalue weighted by atomic mass is 9.96. The Morgan fingerprint density at radius 1 is 1.42 bits per heavy atom. The van der Waals surface area contributed by atoms with E-state index in [1.165, 1.54) is 25.8 Å². The molecule has 6 nitrogen and oxygen atoms in total. The normalized spacial score (nSPS) is 26.8. The third-order valence-corrected chi connectivity index (χ3v) is 5.57. The van der Waals surface area contributed by atoms with Crippen LogP contribution in [0, 0.1) is 0 Å². The molecule has 0 aromatic carbocycles. The molecule has 0 saturated carbocycles. The molecular formula is C18H25N5O. The lowest BCUT2D eigenvalue weighted by Gasteiger charge is -2.39. The summed E-state index contributed by atoms with van der Waals surface area (Å²) in [7, 11) is 0. The Morgan fingerprint density at radius 2 is 2.17 bits per heavy atom. The number of nitrogens with one attached hydrogen (secondary N) is 2. The average molecular weight is 327 g/mol. The van der Waals surface area contributed by atoms with Crippen molar-refractivity contribution in [3.05, 3.63) is 24.0 Å². The van der Waals surface area contributed by atoms with Crippen molar-refractivity contribution in [2.24, 2.45) is 5.73 Å². The Balaban J connectivity index is 1.60. The number of amides is 1. The third kappa shape index (κ3) is 2.55. The van der Waals surface area contributed by atoms with Gasteiger partial charge in [-0.05, 0) is 44.7 Å². The van der Waals surface area contributed by atoms with Crippen LogP contribution in [0.15, 0.2) is 18.5 Å². The minimum atomic E-state index is -0.431. The zero-order chi connectivity index (χ0) is 16.7. The van der Waals surface area contributed by atoms with E-state index < -0.39 is 5.91 Å². The van der Waals surface area contributed by atoms with Crippen molar-refractivity contribution >= 4 is 22.6 Å². The number of carbonyl (C=O) groups is 1. The lowest BCUT2D eigenvalue weighted by Crippen LogP contribution is -2.47. The second-order valence-electron chi connectivity index (χ2n) is 7.09. The van der Waals surface area contributed by atoms with E-state index in [2.05, 4.69) is 27.1 Å². The number of aromatic amines is 1. The molecule has 0 aliphatic carbocycles. The van der Waals surface area contributed by atoms with Gasteiger partial charge in [-0.3, -0.25) is 9.69 Å². The highest BCUT2D eigenvalue weighted by atomic mass is 16.1. The van der Waals surface area contributed by atoms with Crippen molar-refractivity contribution in [2.45, 2.75) is 57.2 Å². The molecule has 4 heterocycles. The number of piperidine rings is 1. The summed E-state index contributed by atoms with van der Waals surface area (Å²) in [5.74, 6) is -0.431. The van der Waals surface area contributed by atoms with Gasteiger partial charge in [0.05, 0.1) is 11.3 Å². The molecule has 3 atom stereocenters. The van der Waals surface area contributed by atoms with Crippen LogP contribution in [-0.2, 0) is 0 Å². The monoisotopic (exact) mass is 327 g/mol. The van der Waals surface area contributed by atoms with Crippen molar-refractivity contribution in [1.29, 1.82) is 0 Å². The van der Waals surface area contributed by atoms with Crippen LogP contribution >= 0.6 is 0 Å². The van der Waals surface area contributed by atoms with E-state index in [4.69, 9.17) is 5.73 Å². The molecule has 128 valence electrons. The van der Waals surface area contributed by atoms with Gasteiger partial charge in [0.15, 0.2) is 0 Å². The summed E-state index contributed by atoms with van der Waals surface area (Å²) in [6.45, 7) is 3.45. The van der Waals surface area contributed by atoms with Gasteiger partial charge in [0.25, 0.3) is 5.91 Å². The lowest BCUT2D eigenvalue weighted by molar-refractivity contribution is 0.100. The second-order valence-corrected chi connectivity index (χ2v) is 7.09. The molecule has 24 heavy (non-hydrogen) atoms. The Labute approximate surface area is 141 Å². The van der Waals surface area contributed by atoms with Crippen LogP contribution in [0.4, 0.5) is 5.69 Å². The summed E-state index contributed by atoms with van der Waals surface area (Å²) in [5.41, 5.74) is 7.67. The molecule has 2 bridgehead atoms. The Bertz CT molecular complexity index is 741. The van der Waals surface area contributed by atoms with Crippen LogP contribution in [0.3, 0.4) is 0 Å². The maximum absolute atomic E-state index is 11.8. The molecule has 2 saturated heterocycles. The quantitative estimate of drug-likeness (QED) is 0.787. The molecule has 6 heteroatoms. The van der Waals surface area contributed by atoms with Crippen molar-refractivity contribution in [3.8, 4) is 0 Å². The van der Waals surface area contributed by atoms with Gasteiger partial charge >= 0.3 is 0 Å². The standard InChI is InChI=1S/C18H25N5O/c1-2-7-23-12-3-4-13(23)9-11(8-12)22-16-14-5-6-20-18(14)21-10-15(16)17(19)24/h5-6,10-13H,2-4,7-9H2,1H3,(H2,19,24)(H2,20,21,22)/t11?,12-,13+. The van der Waals surface area contributed by atoms with E-state index in [1.807, 2.05) is 12.3 Å². The minimum Gasteiger partial charge on any atom is -0.381 e. The van der Waals surface area contributed by atoms with Gasteiger partial charge < -0.3 is 16.0 Å². The van der Waals surface area contributed by atoms with Gasteiger partial charge in [-0.1, -0.05) is 6.92 Å². The van der Waals surface area contributed by atoms with Crippen molar-refractivity contribution in [2.75, 3.05) is 11.9 Å². The van der Waals surface area contributed by atoms with Crippen molar-refractivity contribution < 1.29 is 4.79 Å². The molecule has 1 amide bonds. The molecule has 2 aromatic rings. The maximum atomic E-state index is 11.8. The van der Waals surface area contributed by atoms with Gasteiger partial charge in [0, 0.05) is 35.9 Å². The fourth-order valence-electron chi connectivity index (χ4n) is 4.57. The number of nitrogens with zero attached hydrogens (tertiary/aromatic N) is 2. The average Bonchev–Trinajstić information content (AvgIpc) is 3.11. The predicted octanol–water partition coefficient (Wildman–Crippen LogP) is 2.48. The fraction of sp³-hybridized carbons (Fsp3) is 0.556. The molecule has 2 fully saturated rings. The Morgan fingerprint density at radius 3 is 2.83 bits per heavy atom. The number of hydrogen-bond acceptors (Lipinski definition) is 4. The third-order valence-electron chi connectivity index (χ3n) is 5.57. The van der Waals surface area contributed by atoms with Crippen LogP contribution < -0.4 is 11.1 Å². The summed E-state index contributed by atoms with van der Waals surface area (Å²) in [5, 5.41) is 4.58. The van der Waals surface area contributed by atoms with E-state index in [0.717, 1.165) is 29.6 Å².